The molecule has 7 nitrogen and oxygen atoms in total. The van der Waals surface area contributed by atoms with Crippen LogP contribution in [0.1, 0.15) is 10.6 Å². The molecule has 1 unspecified atom stereocenters. The molecular weight excluding hydrogens is 304 g/mol. The van der Waals surface area contributed by atoms with Gasteiger partial charge in [0.15, 0.2) is 4.96 Å². The van der Waals surface area contributed by atoms with Crippen LogP contribution in [-0.2, 0) is 11.3 Å². The molecular formula is C14H16N4O3S. The molecule has 0 spiro atoms. The number of hydrogen-bond acceptors (Lipinski definition) is 6. The number of carbonyl (C=O) groups excluding carboxylic acids is 1. The Kier molecular flexibility index (Phi) is 3.16. The summed E-state index contributed by atoms with van der Waals surface area (Å²) in [5.41, 5.74) is 0.743. The minimum atomic E-state index is -0.212. The van der Waals surface area contributed by atoms with Crippen molar-refractivity contribution in [2.75, 3.05) is 26.2 Å². The zero-order valence-electron chi connectivity index (χ0n) is 12.2. The molecule has 8 heteroatoms. The van der Waals surface area contributed by atoms with Crippen molar-refractivity contribution >= 4 is 22.4 Å². The average molecular weight is 320 g/mol. The minimum absolute atomic E-state index is 0.0395. The van der Waals surface area contributed by atoms with Crippen LogP contribution in [0.4, 0.5) is 4.79 Å². The van der Waals surface area contributed by atoms with Crippen molar-refractivity contribution in [1.29, 1.82) is 0 Å². The molecule has 2 fully saturated rings. The Labute approximate surface area is 130 Å². The molecule has 4 rings (SSSR count). The number of piperazine rings is 1. The topological polar surface area (TPSA) is 67.2 Å². The lowest BCUT2D eigenvalue weighted by molar-refractivity contribution is 0.114. The number of amides is 1. The number of aromatic nitrogens is 2. The van der Waals surface area contributed by atoms with E-state index in [9.17, 15) is 9.59 Å². The first kappa shape index (κ1) is 13.7. The van der Waals surface area contributed by atoms with Crippen LogP contribution >= 0.6 is 11.3 Å². The van der Waals surface area contributed by atoms with Crippen molar-refractivity contribution in [3.05, 3.63) is 33.2 Å². The highest BCUT2D eigenvalue weighted by Gasteiger charge is 2.37. The predicted octanol–water partition coefficient (Wildman–Crippen LogP) is 0.701. The van der Waals surface area contributed by atoms with E-state index < -0.39 is 0 Å². The molecule has 0 aromatic carbocycles. The van der Waals surface area contributed by atoms with Crippen LogP contribution in [0.25, 0.3) is 4.96 Å². The van der Waals surface area contributed by atoms with Crippen LogP contribution in [0.15, 0.2) is 17.1 Å². The Morgan fingerprint density at radius 1 is 1.41 bits per heavy atom. The molecule has 0 N–H and O–H groups in total. The number of thiazole rings is 1. The van der Waals surface area contributed by atoms with Crippen LogP contribution in [0.5, 0.6) is 0 Å². The standard InChI is InChI=1S/C14H16N4O3S/c1-9-5-18-12(19)4-10(15-13(18)22-9)6-16-2-3-17-11(7-16)8-21-14(17)20/h4-5,11H,2-3,6-8H2,1H3. The van der Waals surface area contributed by atoms with Gasteiger partial charge in [0, 0.05) is 43.3 Å². The number of ether oxygens (including phenoxy) is 1. The van der Waals surface area contributed by atoms with E-state index in [0.717, 1.165) is 28.6 Å². The van der Waals surface area contributed by atoms with E-state index >= 15 is 0 Å². The maximum atomic E-state index is 12.1. The normalized spacial score (nSPS) is 22.1. The van der Waals surface area contributed by atoms with Gasteiger partial charge in [0.2, 0.25) is 0 Å². The predicted molar refractivity (Wildman–Crippen MR) is 81.2 cm³/mol. The Bertz CT molecular complexity index is 799. The fourth-order valence-corrected chi connectivity index (χ4v) is 3.92. The first-order chi connectivity index (χ1) is 10.6. The largest absolute Gasteiger partial charge is 0.447 e. The van der Waals surface area contributed by atoms with Gasteiger partial charge < -0.3 is 4.74 Å². The van der Waals surface area contributed by atoms with Gasteiger partial charge in [-0.2, -0.15) is 0 Å². The van der Waals surface area contributed by atoms with Crippen molar-refractivity contribution < 1.29 is 9.53 Å². The Morgan fingerprint density at radius 2 is 2.27 bits per heavy atom. The maximum absolute atomic E-state index is 12.1. The van der Waals surface area contributed by atoms with Gasteiger partial charge in [-0.1, -0.05) is 0 Å². The third-order valence-corrected chi connectivity index (χ3v) is 5.02. The monoisotopic (exact) mass is 320 g/mol. The number of cyclic esters (lactones) is 1. The number of aryl methyl sites for hydroxylation is 1. The van der Waals surface area contributed by atoms with Crippen molar-refractivity contribution in [2.24, 2.45) is 0 Å². The van der Waals surface area contributed by atoms with E-state index in [4.69, 9.17) is 4.74 Å². The second-order valence-electron chi connectivity index (χ2n) is 5.74. The SMILES string of the molecule is Cc1cn2c(=O)cc(CN3CCN4C(=O)OCC4C3)nc2s1. The van der Waals surface area contributed by atoms with Crippen LogP contribution in [0.2, 0.25) is 0 Å². The highest BCUT2D eigenvalue weighted by molar-refractivity contribution is 7.16. The van der Waals surface area contributed by atoms with Gasteiger partial charge in [-0.25, -0.2) is 9.78 Å². The number of rotatable bonds is 2. The van der Waals surface area contributed by atoms with Crippen LogP contribution < -0.4 is 5.56 Å². The molecule has 116 valence electrons. The molecule has 0 radical (unpaired) electrons. The summed E-state index contributed by atoms with van der Waals surface area (Å²) in [6, 6.07) is 1.72. The lowest BCUT2D eigenvalue weighted by atomic mass is 10.2. The maximum Gasteiger partial charge on any atom is 0.410 e. The highest BCUT2D eigenvalue weighted by Crippen LogP contribution is 2.19. The number of hydrogen-bond donors (Lipinski definition) is 0. The molecule has 4 heterocycles. The van der Waals surface area contributed by atoms with Gasteiger partial charge >= 0.3 is 6.09 Å². The van der Waals surface area contributed by atoms with E-state index in [-0.39, 0.29) is 17.7 Å². The second-order valence-corrected chi connectivity index (χ2v) is 6.95. The molecule has 0 saturated carbocycles. The smallest absolute Gasteiger partial charge is 0.410 e. The van der Waals surface area contributed by atoms with Crippen molar-refractivity contribution in [1.82, 2.24) is 19.2 Å². The summed E-state index contributed by atoms with van der Waals surface area (Å²) in [6.45, 7) is 5.25. The van der Waals surface area contributed by atoms with Gasteiger partial charge in [0.05, 0.1) is 11.7 Å². The summed E-state index contributed by atoms with van der Waals surface area (Å²) in [7, 11) is 0. The van der Waals surface area contributed by atoms with E-state index in [1.54, 1.807) is 15.4 Å². The molecule has 1 atom stereocenters. The first-order valence-corrected chi connectivity index (χ1v) is 8.06. The molecule has 1 amide bonds. The molecule has 0 bridgehead atoms. The molecule has 2 aliphatic heterocycles. The van der Waals surface area contributed by atoms with E-state index in [1.807, 2.05) is 13.1 Å². The summed E-state index contributed by atoms with van der Waals surface area (Å²) in [5.74, 6) is 0. The van der Waals surface area contributed by atoms with Gasteiger partial charge in [-0.15, -0.1) is 11.3 Å². The molecule has 2 aromatic rings. The quantitative estimate of drug-likeness (QED) is 0.815. The fourth-order valence-electron chi connectivity index (χ4n) is 3.07. The van der Waals surface area contributed by atoms with Gasteiger partial charge in [0.25, 0.3) is 5.56 Å². The molecule has 2 aromatic heterocycles. The van der Waals surface area contributed by atoms with Crippen LogP contribution in [-0.4, -0.2) is 57.6 Å². The van der Waals surface area contributed by atoms with Crippen LogP contribution in [0.3, 0.4) is 0 Å². The first-order valence-electron chi connectivity index (χ1n) is 7.24. The average Bonchev–Trinajstić information content (AvgIpc) is 3.02. The highest BCUT2D eigenvalue weighted by atomic mass is 32.1. The molecule has 2 aliphatic rings. The fraction of sp³-hybridized carbons (Fsp3) is 0.500. The van der Waals surface area contributed by atoms with E-state index in [2.05, 4.69) is 9.88 Å². The lowest BCUT2D eigenvalue weighted by Crippen LogP contribution is -2.51. The van der Waals surface area contributed by atoms with Crippen molar-refractivity contribution in [2.45, 2.75) is 19.5 Å². The Morgan fingerprint density at radius 3 is 3.14 bits per heavy atom. The summed E-state index contributed by atoms with van der Waals surface area (Å²) >= 11 is 1.52. The van der Waals surface area contributed by atoms with Gasteiger partial charge in [0.1, 0.15) is 6.61 Å². The molecule has 0 aliphatic carbocycles. The van der Waals surface area contributed by atoms with Gasteiger partial charge in [-0.05, 0) is 6.92 Å². The van der Waals surface area contributed by atoms with E-state index in [1.165, 1.54) is 11.3 Å². The lowest BCUT2D eigenvalue weighted by Gasteiger charge is -2.35. The Hall–Kier alpha value is -1.93. The second kappa shape index (κ2) is 5.06. The third kappa shape index (κ3) is 2.28. The summed E-state index contributed by atoms with van der Waals surface area (Å²) < 4.78 is 6.66. The zero-order valence-corrected chi connectivity index (χ0v) is 13.0. The van der Waals surface area contributed by atoms with Crippen molar-refractivity contribution in [3.8, 4) is 0 Å². The molecule has 2 saturated heterocycles. The number of fused-ring (bicyclic) bond motifs is 2. The van der Waals surface area contributed by atoms with Crippen LogP contribution in [0, 0.1) is 6.92 Å². The number of carbonyl (C=O) groups is 1. The third-order valence-electron chi connectivity index (χ3n) is 4.12. The summed E-state index contributed by atoms with van der Waals surface area (Å²) in [4.78, 5) is 34.0. The van der Waals surface area contributed by atoms with Crippen molar-refractivity contribution in [3.63, 3.8) is 0 Å². The van der Waals surface area contributed by atoms with E-state index in [0.29, 0.717) is 19.7 Å². The summed E-state index contributed by atoms with van der Waals surface area (Å²) in [5, 5.41) is 0. The summed E-state index contributed by atoms with van der Waals surface area (Å²) in [6.07, 6.45) is 1.61. The minimum Gasteiger partial charge on any atom is -0.447 e. The number of nitrogens with zero attached hydrogens (tertiary/aromatic N) is 4. The zero-order chi connectivity index (χ0) is 15.3. The molecule has 22 heavy (non-hydrogen) atoms. The van der Waals surface area contributed by atoms with Gasteiger partial charge in [-0.3, -0.25) is 19.0 Å². The Balaban J connectivity index is 1.54.